The van der Waals surface area contributed by atoms with Crippen LogP contribution in [0.4, 0.5) is 11.4 Å². The highest BCUT2D eigenvalue weighted by atomic mass is 15.3. The molecule has 0 radical (unpaired) electrons. The molecule has 2 heterocycles. The van der Waals surface area contributed by atoms with Gasteiger partial charge in [-0.25, -0.2) is 0 Å². The summed E-state index contributed by atoms with van der Waals surface area (Å²) in [4.78, 5) is 0. The van der Waals surface area contributed by atoms with E-state index in [1.807, 2.05) is 7.05 Å². The number of nitrogens with zero attached hydrogens (tertiary/aromatic N) is 1. The van der Waals surface area contributed by atoms with E-state index in [9.17, 15) is 0 Å². The van der Waals surface area contributed by atoms with Crippen LogP contribution in [0.5, 0.6) is 0 Å². The lowest BCUT2D eigenvalue weighted by Crippen LogP contribution is -2.50. The highest BCUT2D eigenvalue weighted by molar-refractivity contribution is 5.86. The molecule has 2 aliphatic rings. The van der Waals surface area contributed by atoms with Gasteiger partial charge in [0.1, 0.15) is 6.17 Å². The van der Waals surface area contributed by atoms with Crippen molar-refractivity contribution in [3.05, 3.63) is 24.3 Å². The molecule has 0 spiro atoms. The molecule has 0 aromatic heterocycles. The van der Waals surface area contributed by atoms with Gasteiger partial charge < -0.3 is 21.4 Å². The number of hydrogen-bond donors (Lipinski definition) is 4. The van der Waals surface area contributed by atoms with Crippen LogP contribution in [-0.2, 0) is 0 Å². The monoisotopic (exact) mass is 245 g/mol. The first-order valence-electron chi connectivity index (χ1n) is 6.44. The van der Waals surface area contributed by atoms with Crippen molar-refractivity contribution in [2.75, 3.05) is 24.2 Å². The second kappa shape index (κ2) is 4.86. The lowest BCUT2D eigenvalue weighted by Gasteiger charge is -2.30. The Kier molecular flexibility index (Phi) is 3.06. The lowest BCUT2D eigenvalue weighted by atomic mass is 10.0. The summed E-state index contributed by atoms with van der Waals surface area (Å²) in [5, 5.41) is 14.9. The molecule has 3 rings (SSSR count). The number of benzene rings is 1. The van der Waals surface area contributed by atoms with Crippen LogP contribution in [0.3, 0.4) is 0 Å². The summed E-state index contributed by atoms with van der Waals surface area (Å²) in [6.45, 7) is 0.987. The fraction of sp³-hybridized carbons (Fsp3) is 0.462. The first-order valence-corrected chi connectivity index (χ1v) is 6.44. The van der Waals surface area contributed by atoms with Gasteiger partial charge in [-0.15, -0.1) is 0 Å². The normalized spacial score (nSPS) is 25.4. The van der Waals surface area contributed by atoms with E-state index in [0.29, 0.717) is 6.04 Å². The van der Waals surface area contributed by atoms with Crippen molar-refractivity contribution in [2.24, 2.45) is 5.10 Å². The van der Waals surface area contributed by atoms with Crippen LogP contribution < -0.4 is 21.4 Å². The van der Waals surface area contributed by atoms with Crippen LogP contribution in [0, 0.1) is 0 Å². The molecule has 1 saturated heterocycles. The van der Waals surface area contributed by atoms with E-state index in [-0.39, 0.29) is 6.17 Å². The van der Waals surface area contributed by atoms with Gasteiger partial charge in [-0.05, 0) is 12.1 Å². The Morgan fingerprint density at radius 2 is 1.94 bits per heavy atom. The van der Waals surface area contributed by atoms with Gasteiger partial charge in [0.2, 0.25) is 0 Å². The minimum Gasteiger partial charge on any atom is -0.362 e. The molecule has 0 aliphatic carbocycles. The van der Waals surface area contributed by atoms with Crippen molar-refractivity contribution in [1.29, 1.82) is 0 Å². The average Bonchev–Trinajstić information content (AvgIpc) is 2.83. The molecule has 1 aromatic rings. The van der Waals surface area contributed by atoms with Crippen LogP contribution in [-0.4, -0.2) is 31.5 Å². The highest BCUT2D eigenvalue weighted by Gasteiger charge is 2.30. The Morgan fingerprint density at radius 3 is 2.61 bits per heavy atom. The summed E-state index contributed by atoms with van der Waals surface area (Å²) in [6.07, 6.45) is 2.24. The van der Waals surface area contributed by atoms with E-state index in [2.05, 4.69) is 50.7 Å². The average molecular weight is 245 g/mol. The van der Waals surface area contributed by atoms with Crippen molar-refractivity contribution >= 4 is 17.1 Å². The van der Waals surface area contributed by atoms with E-state index in [0.717, 1.165) is 19.4 Å². The SMILES string of the molecule is CN/N=C1/CCNC(C2Nc3ccccc3N2)C1. The molecule has 1 fully saturated rings. The molecule has 1 unspecified atom stereocenters. The number of piperidine rings is 1. The minimum absolute atomic E-state index is 0.241. The Hall–Kier alpha value is -1.75. The van der Waals surface area contributed by atoms with Crippen molar-refractivity contribution in [3.8, 4) is 0 Å². The van der Waals surface area contributed by atoms with Gasteiger partial charge in [0.25, 0.3) is 0 Å². The number of para-hydroxylation sites is 2. The van der Waals surface area contributed by atoms with E-state index in [1.165, 1.54) is 17.1 Å². The first kappa shape index (κ1) is 11.3. The largest absolute Gasteiger partial charge is 0.362 e. The maximum atomic E-state index is 4.33. The fourth-order valence-electron chi connectivity index (χ4n) is 2.63. The van der Waals surface area contributed by atoms with Gasteiger partial charge in [-0.3, -0.25) is 0 Å². The highest BCUT2D eigenvalue weighted by Crippen LogP contribution is 2.30. The molecule has 0 saturated carbocycles. The molecule has 2 aliphatic heterocycles. The maximum absolute atomic E-state index is 4.33. The molecule has 1 atom stereocenters. The number of fused-ring (bicyclic) bond motifs is 1. The van der Waals surface area contributed by atoms with Crippen molar-refractivity contribution in [2.45, 2.75) is 25.0 Å². The molecular weight excluding hydrogens is 226 g/mol. The Morgan fingerprint density at radius 1 is 1.22 bits per heavy atom. The Balaban J connectivity index is 1.69. The number of anilines is 2. The predicted molar refractivity (Wildman–Crippen MR) is 75.0 cm³/mol. The standard InChI is InChI=1S/C13H19N5/c1-14-18-9-6-7-15-12(8-9)13-16-10-4-2-3-5-11(10)17-13/h2-5,12-17H,6-8H2,1H3/b18-9-. The van der Waals surface area contributed by atoms with Crippen molar-refractivity contribution in [1.82, 2.24) is 10.7 Å². The van der Waals surface area contributed by atoms with Gasteiger partial charge in [0, 0.05) is 32.1 Å². The number of hydrogen-bond acceptors (Lipinski definition) is 5. The smallest absolute Gasteiger partial charge is 0.113 e. The van der Waals surface area contributed by atoms with Crippen LogP contribution in [0.25, 0.3) is 0 Å². The fourth-order valence-corrected chi connectivity index (χ4v) is 2.63. The van der Waals surface area contributed by atoms with Gasteiger partial charge in [-0.2, -0.15) is 5.10 Å². The van der Waals surface area contributed by atoms with Gasteiger partial charge in [-0.1, -0.05) is 12.1 Å². The third-order valence-electron chi connectivity index (χ3n) is 3.50. The Bertz CT molecular complexity index is 431. The lowest BCUT2D eigenvalue weighted by molar-refractivity contribution is 0.469. The first-order chi connectivity index (χ1) is 8.86. The van der Waals surface area contributed by atoms with Crippen LogP contribution >= 0.6 is 0 Å². The van der Waals surface area contributed by atoms with Crippen LogP contribution in [0.2, 0.25) is 0 Å². The van der Waals surface area contributed by atoms with E-state index in [4.69, 9.17) is 0 Å². The second-order valence-electron chi connectivity index (χ2n) is 4.73. The molecular formula is C13H19N5. The number of nitrogens with one attached hydrogen (secondary N) is 4. The summed E-state index contributed by atoms with van der Waals surface area (Å²) >= 11 is 0. The van der Waals surface area contributed by atoms with Crippen LogP contribution in [0.15, 0.2) is 29.4 Å². The van der Waals surface area contributed by atoms with E-state index in [1.54, 1.807) is 0 Å². The zero-order valence-electron chi connectivity index (χ0n) is 10.5. The van der Waals surface area contributed by atoms with E-state index >= 15 is 0 Å². The third kappa shape index (κ3) is 2.13. The predicted octanol–water partition coefficient (Wildman–Crippen LogP) is 1.18. The summed E-state index contributed by atoms with van der Waals surface area (Å²) < 4.78 is 0. The molecule has 4 N–H and O–H groups in total. The topological polar surface area (TPSA) is 60.5 Å². The summed E-state index contributed by atoms with van der Waals surface area (Å²) in [6, 6.07) is 8.69. The summed E-state index contributed by atoms with van der Waals surface area (Å²) in [5.74, 6) is 0. The summed E-state index contributed by atoms with van der Waals surface area (Å²) in [7, 11) is 1.85. The third-order valence-corrected chi connectivity index (χ3v) is 3.50. The van der Waals surface area contributed by atoms with Crippen molar-refractivity contribution < 1.29 is 0 Å². The number of hydrazone groups is 1. The minimum atomic E-state index is 0.241. The number of rotatable bonds is 2. The molecule has 5 nitrogen and oxygen atoms in total. The Labute approximate surface area is 107 Å². The quantitative estimate of drug-likeness (QED) is 0.591. The zero-order chi connectivity index (χ0) is 12.4. The van der Waals surface area contributed by atoms with Crippen LogP contribution in [0.1, 0.15) is 12.8 Å². The molecule has 5 heteroatoms. The molecule has 18 heavy (non-hydrogen) atoms. The molecule has 0 amide bonds. The molecule has 1 aromatic carbocycles. The van der Waals surface area contributed by atoms with Gasteiger partial charge in [0.15, 0.2) is 0 Å². The molecule has 96 valence electrons. The van der Waals surface area contributed by atoms with Gasteiger partial charge in [0.05, 0.1) is 17.4 Å². The van der Waals surface area contributed by atoms with E-state index < -0.39 is 0 Å². The summed E-state index contributed by atoms with van der Waals surface area (Å²) in [5.41, 5.74) is 6.49. The van der Waals surface area contributed by atoms with Gasteiger partial charge >= 0.3 is 0 Å². The second-order valence-corrected chi connectivity index (χ2v) is 4.73. The maximum Gasteiger partial charge on any atom is 0.113 e. The molecule has 0 bridgehead atoms. The van der Waals surface area contributed by atoms with Crippen molar-refractivity contribution in [3.63, 3.8) is 0 Å². The zero-order valence-corrected chi connectivity index (χ0v) is 10.5.